The van der Waals surface area contributed by atoms with Gasteiger partial charge in [-0.1, -0.05) is 0 Å². The lowest BCUT2D eigenvalue weighted by molar-refractivity contribution is -0.130. The van der Waals surface area contributed by atoms with Crippen molar-refractivity contribution < 1.29 is 14.3 Å². The van der Waals surface area contributed by atoms with Gasteiger partial charge in [0, 0.05) is 24.7 Å². The van der Waals surface area contributed by atoms with Gasteiger partial charge in [0.05, 0.1) is 25.9 Å². The summed E-state index contributed by atoms with van der Waals surface area (Å²) in [5, 5.41) is 2.60. The summed E-state index contributed by atoms with van der Waals surface area (Å²) >= 11 is 1.47. The molecular formula is C16H25N3O3S. The third-order valence-electron chi connectivity index (χ3n) is 4.27. The number of amides is 1. The molecule has 7 heteroatoms. The fourth-order valence-corrected chi connectivity index (χ4v) is 3.31. The maximum absolute atomic E-state index is 12.8. The van der Waals surface area contributed by atoms with Crippen molar-refractivity contribution in [2.75, 3.05) is 44.8 Å². The number of anilines is 1. The summed E-state index contributed by atoms with van der Waals surface area (Å²) in [4.78, 5) is 21.1. The Hall–Kier alpha value is -1.02. The number of aromatic nitrogens is 1. The summed E-state index contributed by atoms with van der Waals surface area (Å²) < 4.78 is 11.6. The highest BCUT2D eigenvalue weighted by Gasteiger charge is 2.30. The first kappa shape index (κ1) is 16.8. The molecule has 6 nitrogen and oxygen atoms in total. The Morgan fingerprint density at radius 3 is 3.09 bits per heavy atom. The molecule has 1 aromatic heterocycles. The van der Waals surface area contributed by atoms with Gasteiger partial charge in [0.25, 0.3) is 5.91 Å². The van der Waals surface area contributed by atoms with Crippen molar-refractivity contribution in [1.29, 1.82) is 0 Å². The van der Waals surface area contributed by atoms with Crippen LogP contribution in [0.15, 0.2) is 11.6 Å². The van der Waals surface area contributed by atoms with Crippen LogP contribution >= 0.6 is 11.3 Å². The van der Waals surface area contributed by atoms with Crippen molar-refractivity contribution >= 4 is 22.4 Å². The summed E-state index contributed by atoms with van der Waals surface area (Å²) in [5.74, 6) is 0.617. The largest absolute Gasteiger partial charge is 0.374 e. The minimum absolute atomic E-state index is 0.0113. The van der Waals surface area contributed by atoms with E-state index in [0.29, 0.717) is 30.8 Å². The van der Waals surface area contributed by atoms with Crippen LogP contribution in [0, 0.1) is 5.92 Å². The first-order valence-corrected chi connectivity index (χ1v) is 9.14. The molecule has 128 valence electrons. The second-order valence-electron chi connectivity index (χ2n) is 6.44. The van der Waals surface area contributed by atoms with Crippen molar-refractivity contribution in [2.24, 2.45) is 5.92 Å². The van der Waals surface area contributed by atoms with Crippen LogP contribution in [0.3, 0.4) is 0 Å². The molecule has 0 unspecified atom stereocenters. The van der Waals surface area contributed by atoms with Crippen molar-refractivity contribution in [2.45, 2.75) is 32.0 Å². The van der Waals surface area contributed by atoms with Gasteiger partial charge in [-0.2, -0.15) is 0 Å². The quantitative estimate of drug-likeness (QED) is 0.756. The Morgan fingerprint density at radius 1 is 1.61 bits per heavy atom. The third-order valence-corrected chi connectivity index (χ3v) is 5.07. The van der Waals surface area contributed by atoms with Gasteiger partial charge in [0.2, 0.25) is 0 Å². The fraction of sp³-hybridized carbons (Fsp3) is 0.750. The van der Waals surface area contributed by atoms with Gasteiger partial charge in [-0.05, 0) is 32.7 Å². The lowest BCUT2D eigenvalue weighted by atomic mass is 10.2. The minimum atomic E-state index is -0.444. The normalized spacial score (nSPS) is 23.7. The summed E-state index contributed by atoms with van der Waals surface area (Å²) in [5.41, 5.74) is 0. The van der Waals surface area contributed by atoms with Crippen LogP contribution in [0.5, 0.6) is 0 Å². The fourth-order valence-electron chi connectivity index (χ4n) is 2.65. The molecule has 3 rings (SSSR count). The average molecular weight is 339 g/mol. The molecule has 0 aromatic carbocycles. The van der Waals surface area contributed by atoms with Gasteiger partial charge in [-0.15, -0.1) is 11.3 Å². The molecule has 0 radical (unpaired) electrons. The number of hydrogen-bond acceptors (Lipinski definition) is 6. The molecule has 23 heavy (non-hydrogen) atoms. The smallest absolute Gasteiger partial charge is 0.257 e. The Morgan fingerprint density at radius 2 is 2.43 bits per heavy atom. The maximum Gasteiger partial charge on any atom is 0.257 e. The minimum Gasteiger partial charge on any atom is -0.374 e. The summed E-state index contributed by atoms with van der Waals surface area (Å²) in [6, 6.07) is 0. The Bertz CT molecular complexity index is 507. The highest BCUT2D eigenvalue weighted by molar-refractivity contribution is 7.13. The van der Waals surface area contributed by atoms with Crippen LogP contribution in [-0.4, -0.2) is 67.9 Å². The Labute approximate surface area is 141 Å². The first-order valence-electron chi connectivity index (χ1n) is 8.26. The van der Waals surface area contributed by atoms with E-state index in [1.54, 1.807) is 11.1 Å². The number of thiazole rings is 1. The van der Waals surface area contributed by atoms with Crippen molar-refractivity contribution in [3.05, 3.63) is 11.6 Å². The Kier molecular flexibility index (Phi) is 5.63. The molecule has 0 spiro atoms. The first-order chi connectivity index (χ1) is 11.1. The summed E-state index contributed by atoms with van der Waals surface area (Å²) in [6.07, 6.45) is 3.74. The number of morpholine rings is 1. The molecule has 1 saturated heterocycles. The summed E-state index contributed by atoms with van der Waals surface area (Å²) in [6.45, 7) is 5.50. The zero-order chi connectivity index (χ0) is 16.2. The maximum atomic E-state index is 12.8. The third kappa shape index (κ3) is 4.73. The molecule has 2 heterocycles. The standard InChI is InChI=1S/C16H25N3O3S/c1-12(22-11-13-3-4-13)15(20)19(16-17-5-8-23-16)10-14-9-18(2)6-7-21-14/h5,8,12-14H,3-4,6-7,9-11H2,1-2H3/t12-,14+/m1/s1. The highest BCUT2D eigenvalue weighted by atomic mass is 32.1. The van der Waals surface area contributed by atoms with Crippen LogP contribution in [0.1, 0.15) is 19.8 Å². The highest BCUT2D eigenvalue weighted by Crippen LogP contribution is 2.29. The zero-order valence-corrected chi connectivity index (χ0v) is 14.6. The predicted molar refractivity (Wildman–Crippen MR) is 89.8 cm³/mol. The number of nitrogens with zero attached hydrogens (tertiary/aromatic N) is 3. The lowest BCUT2D eigenvalue weighted by Crippen LogP contribution is -2.49. The van der Waals surface area contributed by atoms with Gasteiger partial charge in [-0.3, -0.25) is 9.69 Å². The van der Waals surface area contributed by atoms with Gasteiger partial charge < -0.3 is 14.4 Å². The number of likely N-dealkylation sites (N-methyl/N-ethyl adjacent to an activating group) is 1. The van der Waals surface area contributed by atoms with E-state index in [9.17, 15) is 4.79 Å². The van der Waals surface area contributed by atoms with Crippen LogP contribution in [0.2, 0.25) is 0 Å². The van der Waals surface area contributed by atoms with Crippen LogP contribution in [0.25, 0.3) is 0 Å². The predicted octanol–water partition coefficient (Wildman–Crippen LogP) is 1.62. The Balaban J connectivity index is 1.63. The number of carbonyl (C=O) groups is 1. The number of rotatable bonds is 7. The van der Waals surface area contributed by atoms with E-state index in [4.69, 9.17) is 9.47 Å². The summed E-state index contributed by atoms with van der Waals surface area (Å²) in [7, 11) is 2.08. The monoisotopic (exact) mass is 339 g/mol. The molecule has 1 aromatic rings. The number of hydrogen-bond donors (Lipinski definition) is 0. The molecule has 0 N–H and O–H groups in total. The van der Waals surface area contributed by atoms with Gasteiger partial charge in [0.1, 0.15) is 6.10 Å². The average Bonchev–Trinajstić information content (AvgIpc) is 3.22. The molecule has 1 saturated carbocycles. The van der Waals surface area contributed by atoms with Crippen molar-refractivity contribution in [1.82, 2.24) is 9.88 Å². The second-order valence-corrected chi connectivity index (χ2v) is 7.31. The van der Waals surface area contributed by atoms with Crippen molar-refractivity contribution in [3.63, 3.8) is 0 Å². The molecule has 2 aliphatic rings. The van der Waals surface area contributed by atoms with Crippen LogP contribution in [0.4, 0.5) is 5.13 Å². The van der Waals surface area contributed by atoms with Gasteiger partial charge >= 0.3 is 0 Å². The molecule has 0 bridgehead atoms. The number of carbonyl (C=O) groups excluding carboxylic acids is 1. The number of ether oxygens (including phenoxy) is 2. The molecule has 2 fully saturated rings. The molecular weight excluding hydrogens is 314 g/mol. The topological polar surface area (TPSA) is 54.9 Å². The van der Waals surface area contributed by atoms with E-state index in [1.165, 1.54) is 24.2 Å². The molecule has 1 aliphatic carbocycles. The van der Waals surface area contributed by atoms with Gasteiger partial charge in [-0.25, -0.2) is 4.98 Å². The van der Waals surface area contributed by atoms with E-state index < -0.39 is 6.10 Å². The van der Waals surface area contributed by atoms with E-state index in [2.05, 4.69) is 16.9 Å². The lowest BCUT2D eigenvalue weighted by Gasteiger charge is -2.33. The van der Waals surface area contributed by atoms with Crippen LogP contribution in [-0.2, 0) is 14.3 Å². The van der Waals surface area contributed by atoms with E-state index in [-0.39, 0.29) is 12.0 Å². The second kappa shape index (κ2) is 7.70. The van der Waals surface area contributed by atoms with Crippen LogP contribution < -0.4 is 4.90 Å². The SMILES string of the molecule is C[C@@H](OCC1CC1)C(=O)N(C[C@@H]1CN(C)CCO1)c1nccs1. The molecule has 1 amide bonds. The zero-order valence-electron chi connectivity index (χ0n) is 13.8. The van der Waals surface area contributed by atoms with E-state index in [1.807, 2.05) is 12.3 Å². The molecule has 2 atom stereocenters. The van der Waals surface area contributed by atoms with E-state index >= 15 is 0 Å². The van der Waals surface area contributed by atoms with E-state index in [0.717, 1.165) is 13.1 Å². The van der Waals surface area contributed by atoms with Crippen molar-refractivity contribution in [3.8, 4) is 0 Å². The molecule has 1 aliphatic heterocycles. The van der Waals surface area contributed by atoms with Gasteiger partial charge in [0.15, 0.2) is 5.13 Å².